The van der Waals surface area contributed by atoms with Gasteiger partial charge in [-0.1, -0.05) is 0 Å². The van der Waals surface area contributed by atoms with Crippen LogP contribution >= 0.6 is 34.2 Å². The Hall–Kier alpha value is -1.14. The molecule has 1 aromatic carbocycles. The van der Waals surface area contributed by atoms with Crippen LogP contribution < -0.4 is 0 Å². The number of hydrogen-bond acceptors (Lipinski definition) is 2. The number of aromatic nitrogens is 3. The summed E-state index contributed by atoms with van der Waals surface area (Å²) in [4.78, 5) is 8.93. The van der Waals surface area contributed by atoms with E-state index < -0.39 is 0 Å². The zero-order chi connectivity index (χ0) is 15.0. The van der Waals surface area contributed by atoms with Crippen LogP contribution in [0.3, 0.4) is 0 Å². The lowest BCUT2D eigenvalue weighted by atomic mass is 10.1. The molecule has 3 rings (SSSR count). The first-order chi connectivity index (χ1) is 10.1. The van der Waals surface area contributed by atoms with Gasteiger partial charge in [-0.3, -0.25) is 4.98 Å². The third-order valence-corrected chi connectivity index (χ3v) is 4.44. The summed E-state index contributed by atoms with van der Waals surface area (Å²) in [6.45, 7) is 4.80. The van der Waals surface area contributed by atoms with Gasteiger partial charge < -0.3 is 4.57 Å². The first-order valence-corrected chi connectivity index (χ1v) is 8.27. The normalized spacial score (nSPS) is 12.8. The minimum absolute atomic E-state index is 0.132. The van der Waals surface area contributed by atoms with Crippen LogP contribution in [0.2, 0.25) is 0 Å². The summed E-state index contributed by atoms with van der Waals surface area (Å²) in [6.07, 6.45) is 3.73. The van der Waals surface area contributed by atoms with E-state index in [1.165, 1.54) is 14.7 Å². The van der Waals surface area contributed by atoms with Gasteiger partial charge in [-0.05, 0) is 71.8 Å². The molecule has 108 valence electrons. The van der Waals surface area contributed by atoms with E-state index in [0.717, 1.165) is 23.4 Å². The number of hydrogen-bond donors (Lipinski definition) is 0. The fourth-order valence-corrected chi connectivity index (χ4v) is 3.07. The average Bonchev–Trinajstić information content (AvgIpc) is 2.79. The third kappa shape index (κ3) is 2.92. The van der Waals surface area contributed by atoms with Crippen LogP contribution in [0.15, 0.2) is 36.7 Å². The second kappa shape index (κ2) is 5.93. The van der Waals surface area contributed by atoms with Crippen LogP contribution in [0.1, 0.15) is 29.3 Å². The maximum absolute atomic E-state index is 6.32. The van der Waals surface area contributed by atoms with Gasteiger partial charge in [0, 0.05) is 16.0 Å². The van der Waals surface area contributed by atoms with Gasteiger partial charge in [0.25, 0.3) is 0 Å². The summed E-state index contributed by atoms with van der Waals surface area (Å²) < 4.78 is 3.36. The smallest absolute Gasteiger partial charge is 0.128 e. The lowest BCUT2D eigenvalue weighted by Crippen LogP contribution is -2.07. The molecule has 0 aliphatic rings. The standard InChI is InChI=1S/C16H15ClIN3/c1-10-5-6-19-8-12(10)9-21-15-4-3-13(18)7-14(15)20-16(21)11(2)17/h3-8,11H,9H2,1-2H3. The van der Waals surface area contributed by atoms with E-state index >= 15 is 0 Å². The second-order valence-electron chi connectivity index (χ2n) is 5.11. The molecule has 1 unspecified atom stereocenters. The molecule has 3 nitrogen and oxygen atoms in total. The van der Waals surface area contributed by atoms with Crippen molar-refractivity contribution in [2.75, 3.05) is 0 Å². The molecule has 0 fully saturated rings. The van der Waals surface area contributed by atoms with Crippen LogP contribution in [0.5, 0.6) is 0 Å². The molecule has 2 heterocycles. The highest BCUT2D eigenvalue weighted by Gasteiger charge is 2.16. The van der Waals surface area contributed by atoms with E-state index in [9.17, 15) is 0 Å². The number of fused-ring (bicyclic) bond motifs is 1. The molecule has 0 aliphatic heterocycles. The van der Waals surface area contributed by atoms with Crippen molar-refractivity contribution in [3.63, 3.8) is 0 Å². The minimum atomic E-state index is -0.132. The molecular weight excluding hydrogens is 397 g/mol. The Morgan fingerprint density at radius 2 is 2.14 bits per heavy atom. The summed E-state index contributed by atoms with van der Waals surface area (Å²) in [6, 6.07) is 8.32. The number of nitrogens with zero attached hydrogens (tertiary/aromatic N) is 3. The molecule has 0 radical (unpaired) electrons. The summed E-state index contributed by atoms with van der Waals surface area (Å²) in [7, 11) is 0. The highest BCUT2D eigenvalue weighted by molar-refractivity contribution is 14.1. The van der Waals surface area contributed by atoms with Crippen molar-refractivity contribution in [1.82, 2.24) is 14.5 Å². The van der Waals surface area contributed by atoms with E-state index in [4.69, 9.17) is 16.6 Å². The number of alkyl halides is 1. The van der Waals surface area contributed by atoms with Crippen molar-refractivity contribution in [2.45, 2.75) is 25.8 Å². The van der Waals surface area contributed by atoms with Crippen LogP contribution in [0, 0.1) is 10.5 Å². The van der Waals surface area contributed by atoms with Gasteiger partial charge in [0.05, 0.1) is 23.0 Å². The summed E-state index contributed by atoms with van der Waals surface area (Å²) in [5, 5.41) is -0.132. The van der Waals surface area contributed by atoms with Crippen LogP contribution in [0.4, 0.5) is 0 Å². The molecule has 5 heteroatoms. The lowest BCUT2D eigenvalue weighted by molar-refractivity contribution is 0.737. The van der Waals surface area contributed by atoms with Gasteiger partial charge in [0.2, 0.25) is 0 Å². The highest BCUT2D eigenvalue weighted by atomic mass is 127. The lowest BCUT2D eigenvalue weighted by Gasteiger charge is -2.12. The molecule has 0 spiro atoms. The van der Waals surface area contributed by atoms with E-state index in [1.807, 2.05) is 25.4 Å². The van der Waals surface area contributed by atoms with Crippen LogP contribution in [-0.4, -0.2) is 14.5 Å². The van der Waals surface area contributed by atoms with Crippen LogP contribution in [-0.2, 0) is 6.54 Å². The Morgan fingerprint density at radius 3 is 2.86 bits per heavy atom. The van der Waals surface area contributed by atoms with Crippen LogP contribution in [0.25, 0.3) is 11.0 Å². The second-order valence-corrected chi connectivity index (χ2v) is 7.01. The van der Waals surface area contributed by atoms with Crippen molar-refractivity contribution < 1.29 is 0 Å². The highest BCUT2D eigenvalue weighted by Crippen LogP contribution is 2.27. The maximum atomic E-state index is 6.32. The molecule has 21 heavy (non-hydrogen) atoms. The molecule has 0 aliphatic carbocycles. The Kier molecular flexibility index (Phi) is 4.17. The Labute approximate surface area is 142 Å². The molecule has 0 bridgehead atoms. The fraction of sp³-hybridized carbons (Fsp3) is 0.250. The largest absolute Gasteiger partial charge is 0.322 e. The van der Waals surface area contributed by atoms with Crippen molar-refractivity contribution in [3.8, 4) is 0 Å². The van der Waals surface area contributed by atoms with Crippen molar-refractivity contribution in [3.05, 3.63) is 57.2 Å². The van der Waals surface area contributed by atoms with Gasteiger partial charge in [-0.25, -0.2) is 4.98 Å². The first kappa shape index (κ1) is 14.8. The number of halogens is 2. The number of rotatable bonds is 3. The Morgan fingerprint density at radius 1 is 1.33 bits per heavy atom. The minimum Gasteiger partial charge on any atom is -0.322 e. The monoisotopic (exact) mass is 411 g/mol. The summed E-state index contributed by atoms with van der Waals surface area (Å²) >= 11 is 8.63. The van der Waals surface area contributed by atoms with E-state index in [2.05, 4.69) is 57.3 Å². The number of benzene rings is 1. The van der Waals surface area contributed by atoms with Gasteiger partial charge in [-0.15, -0.1) is 11.6 Å². The summed E-state index contributed by atoms with van der Waals surface area (Å²) in [5.74, 6) is 0.900. The third-order valence-electron chi connectivity index (χ3n) is 3.57. The van der Waals surface area contributed by atoms with Crippen molar-refractivity contribution in [1.29, 1.82) is 0 Å². The summed E-state index contributed by atoms with van der Waals surface area (Å²) in [5.41, 5.74) is 4.52. The predicted octanol–water partition coefficient (Wildman–Crippen LogP) is 4.69. The van der Waals surface area contributed by atoms with E-state index in [1.54, 1.807) is 0 Å². The Bertz CT molecular complexity index is 795. The molecule has 2 aromatic heterocycles. The fourth-order valence-electron chi connectivity index (χ4n) is 2.42. The Balaban J connectivity index is 2.16. The number of pyridine rings is 1. The van der Waals surface area contributed by atoms with Gasteiger partial charge in [0.15, 0.2) is 0 Å². The van der Waals surface area contributed by atoms with E-state index in [-0.39, 0.29) is 5.38 Å². The molecule has 0 saturated carbocycles. The first-order valence-electron chi connectivity index (χ1n) is 6.75. The van der Waals surface area contributed by atoms with Crippen molar-refractivity contribution in [2.24, 2.45) is 0 Å². The topological polar surface area (TPSA) is 30.7 Å². The average molecular weight is 412 g/mol. The molecule has 0 N–H and O–H groups in total. The zero-order valence-electron chi connectivity index (χ0n) is 11.8. The SMILES string of the molecule is Cc1ccncc1Cn1c(C(C)Cl)nc2cc(I)ccc21. The maximum Gasteiger partial charge on any atom is 0.128 e. The molecule has 0 amide bonds. The predicted molar refractivity (Wildman–Crippen MR) is 94.8 cm³/mol. The molecule has 3 aromatic rings. The quantitative estimate of drug-likeness (QED) is 0.462. The van der Waals surface area contributed by atoms with Gasteiger partial charge in [-0.2, -0.15) is 0 Å². The number of imidazole rings is 1. The van der Waals surface area contributed by atoms with Gasteiger partial charge >= 0.3 is 0 Å². The van der Waals surface area contributed by atoms with Crippen molar-refractivity contribution >= 4 is 45.2 Å². The molecule has 0 saturated heterocycles. The molecular formula is C16H15ClIN3. The molecule has 1 atom stereocenters. The zero-order valence-corrected chi connectivity index (χ0v) is 14.8. The van der Waals surface area contributed by atoms with E-state index in [0.29, 0.717) is 0 Å². The number of aryl methyl sites for hydroxylation is 1. The van der Waals surface area contributed by atoms with Gasteiger partial charge in [0.1, 0.15) is 5.82 Å².